The first-order valence-corrected chi connectivity index (χ1v) is 4.69. The third-order valence-corrected chi connectivity index (χ3v) is 2.38. The highest BCUT2D eigenvalue weighted by atomic mass is 16.3. The van der Waals surface area contributed by atoms with Gasteiger partial charge in [-0.3, -0.25) is 4.79 Å². The van der Waals surface area contributed by atoms with Crippen LogP contribution in [0.5, 0.6) is 0 Å². The quantitative estimate of drug-likeness (QED) is 0.721. The molecule has 0 amide bonds. The summed E-state index contributed by atoms with van der Waals surface area (Å²) >= 11 is 0. The molecule has 0 spiro atoms. The Balaban J connectivity index is 2.74. The van der Waals surface area contributed by atoms with E-state index in [2.05, 4.69) is 6.92 Å². The Kier molecular flexibility index (Phi) is 3.04. The summed E-state index contributed by atoms with van der Waals surface area (Å²) in [4.78, 5) is 11.1. The molecule has 1 rings (SSSR count). The third kappa shape index (κ3) is 2.28. The number of hydrogen-bond donors (Lipinski definition) is 1. The predicted octanol–water partition coefficient (Wildman–Crippen LogP) is 1.99. The molecule has 1 N–H and O–H groups in total. The van der Waals surface area contributed by atoms with Crippen LogP contribution in [0.3, 0.4) is 0 Å². The molecule has 72 valence electrons. The number of carbonyl (C=O) groups excluding carboxylic acids is 1. The summed E-state index contributed by atoms with van der Waals surface area (Å²) in [5.74, 6) is -0.176. The van der Waals surface area contributed by atoms with Crippen LogP contribution < -0.4 is 0 Å². The molecule has 0 heterocycles. The maximum absolute atomic E-state index is 11.1. The zero-order valence-electron chi connectivity index (χ0n) is 8.21. The maximum atomic E-state index is 11.1. The van der Waals surface area contributed by atoms with Crippen molar-refractivity contribution < 1.29 is 9.90 Å². The van der Waals surface area contributed by atoms with Crippen molar-refractivity contribution in [2.45, 2.75) is 38.7 Å². The van der Waals surface area contributed by atoms with Crippen LogP contribution in [0, 0.1) is 0 Å². The summed E-state index contributed by atoms with van der Waals surface area (Å²) in [7, 11) is 0. The summed E-state index contributed by atoms with van der Waals surface area (Å²) in [6.45, 7) is 3.52. The number of hydrogen-bond acceptors (Lipinski definition) is 2. The minimum Gasteiger partial charge on any atom is -0.378 e. The minimum atomic E-state index is -1.24. The van der Waals surface area contributed by atoms with Crippen molar-refractivity contribution >= 4 is 5.78 Å². The van der Waals surface area contributed by atoms with Gasteiger partial charge in [-0.2, -0.15) is 0 Å². The Labute approximate surface area is 79.0 Å². The third-order valence-electron chi connectivity index (χ3n) is 2.38. The first-order valence-electron chi connectivity index (χ1n) is 4.69. The predicted molar refractivity (Wildman–Crippen MR) is 52.4 cm³/mol. The van der Waals surface area contributed by atoms with E-state index in [0.717, 1.165) is 18.4 Å². The summed E-state index contributed by atoms with van der Waals surface area (Å²) in [6.07, 6.45) is 7.81. The monoisotopic (exact) mass is 180 g/mol. The molecular weight excluding hydrogens is 164 g/mol. The number of carbonyl (C=O) groups is 1. The molecule has 0 aromatic heterocycles. The van der Waals surface area contributed by atoms with Gasteiger partial charge in [0.2, 0.25) is 0 Å². The molecule has 2 nitrogen and oxygen atoms in total. The second-order valence-electron chi connectivity index (χ2n) is 3.59. The number of allylic oxidation sites excluding steroid dienone is 2. The first-order chi connectivity index (χ1) is 6.08. The van der Waals surface area contributed by atoms with Crippen LogP contribution in [0.25, 0.3) is 0 Å². The molecule has 0 aromatic rings. The van der Waals surface area contributed by atoms with E-state index in [4.69, 9.17) is 0 Å². The van der Waals surface area contributed by atoms with Crippen molar-refractivity contribution in [1.82, 2.24) is 0 Å². The van der Waals surface area contributed by atoms with Gasteiger partial charge in [-0.15, -0.1) is 0 Å². The van der Waals surface area contributed by atoms with Crippen molar-refractivity contribution in [3.8, 4) is 0 Å². The Hall–Kier alpha value is -0.890. The normalized spacial score (nSPS) is 27.2. The number of aliphatic hydroxyl groups is 1. The Morgan fingerprint density at radius 2 is 2.38 bits per heavy atom. The minimum absolute atomic E-state index is 0.176. The number of ketones is 1. The molecule has 0 saturated carbocycles. The Bertz CT molecular complexity index is 263. The van der Waals surface area contributed by atoms with Gasteiger partial charge in [-0.05, 0) is 19.4 Å². The van der Waals surface area contributed by atoms with E-state index >= 15 is 0 Å². The average molecular weight is 180 g/mol. The van der Waals surface area contributed by atoms with E-state index < -0.39 is 5.60 Å². The standard InChI is InChI=1S/C11H16O2/c1-3-5-10-6-4-7-11(13,8-10)9(2)12/h4,6-7,13H,3,5,8H2,1-2H3. The highest BCUT2D eigenvalue weighted by molar-refractivity contribution is 5.87. The van der Waals surface area contributed by atoms with Crippen LogP contribution in [0.15, 0.2) is 23.8 Å². The molecule has 0 radical (unpaired) electrons. The van der Waals surface area contributed by atoms with Crippen LogP contribution in [0.4, 0.5) is 0 Å². The fourth-order valence-corrected chi connectivity index (χ4v) is 1.54. The molecule has 0 aliphatic heterocycles. The molecule has 0 saturated heterocycles. The Morgan fingerprint density at radius 3 is 2.92 bits per heavy atom. The number of rotatable bonds is 3. The lowest BCUT2D eigenvalue weighted by Crippen LogP contribution is -2.36. The van der Waals surface area contributed by atoms with Crippen molar-refractivity contribution in [2.24, 2.45) is 0 Å². The van der Waals surface area contributed by atoms with Crippen molar-refractivity contribution in [3.63, 3.8) is 0 Å². The van der Waals surface area contributed by atoms with E-state index in [1.807, 2.05) is 6.08 Å². The van der Waals surface area contributed by atoms with E-state index in [-0.39, 0.29) is 5.78 Å². The molecule has 0 fully saturated rings. The van der Waals surface area contributed by atoms with Gasteiger partial charge >= 0.3 is 0 Å². The molecule has 0 bridgehead atoms. The van der Waals surface area contributed by atoms with Crippen molar-refractivity contribution in [3.05, 3.63) is 23.8 Å². The van der Waals surface area contributed by atoms with Crippen molar-refractivity contribution in [1.29, 1.82) is 0 Å². The maximum Gasteiger partial charge on any atom is 0.165 e. The summed E-state index contributed by atoms with van der Waals surface area (Å²) in [5.41, 5.74) is -0.0816. The van der Waals surface area contributed by atoms with Gasteiger partial charge in [0.05, 0.1) is 0 Å². The van der Waals surface area contributed by atoms with E-state index in [0.29, 0.717) is 6.42 Å². The van der Waals surface area contributed by atoms with Gasteiger partial charge in [-0.1, -0.05) is 31.1 Å². The average Bonchev–Trinajstić information content (AvgIpc) is 2.04. The molecule has 13 heavy (non-hydrogen) atoms. The Morgan fingerprint density at radius 1 is 1.69 bits per heavy atom. The molecular formula is C11H16O2. The van der Waals surface area contributed by atoms with E-state index in [1.165, 1.54) is 6.92 Å². The zero-order chi connectivity index (χ0) is 9.90. The summed E-state index contributed by atoms with van der Waals surface area (Å²) < 4.78 is 0. The zero-order valence-corrected chi connectivity index (χ0v) is 8.21. The number of Topliss-reactive ketones (excluding diaryl/α,β-unsaturated/α-hetero) is 1. The smallest absolute Gasteiger partial charge is 0.165 e. The lowest BCUT2D eigenvalue weighted by molar-refractivity contribution is -0.130. The summed E-state index contributed by atoms with van der Waals surface area (Å²) in [5, 5.41) is 9.87. The first kappa shape index (κ1) is 10.2. The van der Waals surface area contributed by atoms with Crippen LogP contribution >= 0.6 is 0 Å². The van der Waals surface area contributed by atoms with Crippen LogP contribution in [0.2, 0.25) is 0 Å². The van der Waals surface area contributed by atoms with Crippen LogP contribution in [-0.2, 0) is 4.79 Å². The molecule has 1 aliphatic rings. The van der Waals surface area contributed by atoms with E-state index in [9.17, 15) is 9.90 Å². The fourth-order valence-electron chi connectivity index (χ4n) is 1.54. The molecule has 2 heteroatoms. The van der Waals surface area contributed by atoms with Gasteiger partial charge in [-0.25, -0.2) is 0 Å². The molecule has 1 aliphatic carbocycles. The molecule has 1 unspecified atom stereocenters. The largest absolute Gasteiger partial charge is 0.378 e. The van der Waals surface area contributed by atoms with Gasteiger partial charge in [0.1, 0.15) is 5.60 Å². The lowest BCUT2D eigenvalue weighted by Gasteiger charge is -2.25. The van der Waals surface area contributed by atoms with Crippen molar-refractivity contribution in [2.75, 3.05) is 0 Å². The van der Waals surface area contributed by atoms with Crippen LogP contribution in [-0.4, -0.2) is 16.5 Å². The lowest BCUT2D eigenvalue weighted by atomic mass is 9.85. The molecule has 1 atom stereocenters. The van der Waals surface area contributed by atoms with Crippen LogP contribution in [0.1, 0.15) is 33.1 Å². The highest BCUT2D eigenvalue weighted by Gasteiger charge is 2.31. The SMILES string of the molecule is CCCC1=CC=CC(O)(C(C)=O)C1. The molecule has 0 aromatic carbocycles. The fraction of sp³-hybridized carbons (Fsp3) is 0.545. The van der Waals surface area contributed by atoms with Gasteiger partial charge < -0.3 is 5.11 Å². The second-order valence-corrected chi connectivity index (χ2v) is 3.59. The van der Waals surface area contributed by atoms with Gasteiger partial charge in [0.15, 0.2) is 5.78 Å². The van der Waals surface area contributed by atoms with Gasteiger partial charge in [0.25, 0.3) is 0 Å². The highest BCUT2D eigenvalue weighted by Crippen LogP contribution is 2.26. The van der Waals surface area contributed by atoms with E-state index in [1.54, 1.807) is 12.2 Å². The second kappa shape index (κ2) is 3.88. The summed E-state index contributed by atoms with van der Waals surface area (Å²) in [6, 6.07) is 0. The van der Waals surface area contributed by atoms with Gasteiger partial charge in [0, 0.05) is 6.42 Å². The topological polar surface area (TPSA) is 37.3 Å².